The lowest BCUT2D eigenvalue weighted by Gasteiger charge is -2.01. The summed E-state index contributed by atoms with van der Waals surface area (Å²) in [4.78, 5) is 0. The second-order valence-corrected chi connectivity index (χ2v) is 10.5. The van der Waals surface area contributed by atoms with Crippen LogP contribution in [0.2, 0.25) is 0 Å². The van der Waals surface area contributed by atoms with Crippen LogP contribution in [0.15, 0.2) is 69.4 Å². The Bertz CT molecular complexity index is 701. The number of hydrogen-bond acceptors (Lipinski definition) is 0. The van der Waals surface area contributed by atoms with Crippen LogP contribution in [0.4, 0.5) is 0 Å². The molecule has 0 aliphatic heterocycles. The van der Waals surface area contributed by atoms with Gasteiger partial charge in [-0.2, -0.15) is 0 Å². The maximum Gasteiger partial charge on any atom is -0.0280 e. The lowest BCUT2D eigenvalue weighted by Crippen LogP contribution is -1.80. The highest BCUT2D eigenvalue weighted by molar-refractivity contribution is 5.23. The van der Waals surface area contributed by atoms with Gasteiger partial charge in [0.1, 0.15) is 0 Å². The molecule has 0 radical (unpaired) electrons. The highest BCUT2D eigenvalue weighted by Crippen LogP contribution is 2.33. The normalized spacial score (nSPS) is 13.8. The molecule has 0 amide bonds. The summed E-state index contributed by atoms with van der Waals surface area (Å²) in [7, 11) is 0. The van der Waals surface area contributed by atoms with Crippen molar-refractivity contribution in [2.24, 2.45) is 0 Å². The van der Waals surface area contributed by atoms with Crippen molar-refractivity contribution in [3.05, 3.63) is 69.4 Å². The Kier molecular flexibility index (Phi) is 18.9. The van der Waals surface area contributed by atoms with E-state index in [4.69, 9.17) is 0 Å². The first-order valence-electron chi connectivity index (χ1n) is 13.6. The zero-order valence-electron chi connectivity index (χ0n) is 23.9. The van der Waals surface area contributed by atoms with Crippen molar-refractivity contribution in [2.75, 3.05) is 0 Å². The van der Waals surface area contributed by atoms with Crippen molar-refractivity contribution in [1.29, 1.82) is 0 Å². The first-order chi connectivity index (χ1) is 15.6. The molecule has 0 heterocycles. The van der Waals surface area contributed by atoms with Gasteiger partial charge in [-0.15, -0.1) is 0 Å². The van der Waals surface area contributed by atoms with E-state index in [1.54, 1.807) is 22.3 Å². The van der Waals surface area contributed by atoms with Crippen molar-refractivity contribution >= 4 is 0 Å². The second-order valence-electron chi connectivity index (χ2n) is 10.5. The zero-order chi connectivity index (χ0) is 25.1. The first-order valence-corrected chi connectivity index (χ1v) is 13.6. The summed E-state index contributed by atoms with van der Waals surface area (Å²) in [5.74, 6) is 0. The van der Waals surface area contributed by atoms with Crippen molar-refractivity contribution in [2.45, 2.75) is 139 Å². The van der Waals surface area contributed by atoms with E-state index < -0.39 is 0 Å². The summed E-state index contributed by atoms with van der Waals surface area (Å²) in [5, 5.41) is 0. The number of hydrogen-bond donors (Lipinski definition) is 0. The Morgan fingerprint density at radius 2 is 0.879 bits per heavy atom. The predicted molar refractivity (Wildman–Crippen MR) is 154 cm³/mol. The molecule has 0 aromatic rings. The van der Waals surface area contributed by atoms with Crippen LogP contribution in [0.3, 0.4) is 0 Å². The van der Waals surface area contributed by atoms with Gasteiger partial charge in [0.25, 0.3) is 0 Å². The molecule has 1 aliphatic carbocycles. The topological polar surface area (TPSA) is 0 Å². The Hall–Kier alpha value is -1.56. The van der Waals surface area contributed by atoms with Crippen molar-refractivity contribution < 1.29 is 0 Å². The van der Waals surface area contributed by atoms with E-state index in [9.17, 15) is 0 Å². The van der Waals surface area contributed by atoms with Crippen LogP contribution in [0.1, 0.15) is 139 Å². The Balaban J connectivity index is 0.000000621. The first kappa shape index (κ1) is 31.4. The Morgan fingerprint density at radius 3 is 1.24 bits per heavy atom. The molecule has 1 fully saturated rings. The van der Waals surface area contributed by atoms with Crippen LogP contribution in [0.5, 0.6) is 0 Å². The van der Waals surface area contributed by atoms with E-state index in [1.165, 1.54) is 93.8 Å². The van der Waals surface area contributed by atoms with Crippen LogP contribution in [0, 0.1) is 0 Å². The number of unbranched alkanes of at least 4 members (excludes halogenated alkanes) is 1. The Labute approximate surface area is 208 Å². The molecule has 0 spiro atoms. The predicted octanol–water partition coefficient (Wildman–Crippen LogP) is 11.8. The molecule has 1 aliphatic rings. The van der Waals surface area contributed by atoms with Gasteiger partial charge in [0.05, 0.1) is 0 Å². The molecular weight excluding hydrogens is 396 g/mol. The van der Waals surface area contributed by atoms with E-state index in [0.717, 1.165) is 0 Å². The van der Waals surface area contributed by atoms with Gasteiger partial charge in [0.2, 0.25) is 0 Å². The fraction of sp³-hybridized carbons (Fsp3) is 0.636. The zero-order valence-corrected chi connectivity index (χ0v) is 23.9. The maximum atomic E-state index is 2.42. The standard InChI is InChI=1S/C17H30.C16H26/c1-6-7-11-16(4)13-9-14-17(5)12-8-10-15(2)3;1-13(2)7-5-8-14(3)9-6-10-15(4)16-11-12-16/h10-11,14H,6-9,12-13H2,1-5H3;7,9H,5-6,8,10-12H2,1-4H3/b16-11?,17-14+;14-9+. The minimum atomic E-state index is 1.19. The highest BCUT2D eigenvalue weighted by Gasteiger charge is 2.13. The molecule has 0 bridgehead atoms. The van der Waals surface area contributed by atoms with Crippen LogP contribution >= 0.6 is 0 Å². The monoisotopic (exact) mass is 452 g/mol. The molecule has 0 atom stereocenters. The van der Waals surface area contributed by atoms with Gasteiger partial charge in [0.15, 0.2) is 0 Å². The van der Waals surface area contributed by atoms with E-state index in [0.29, 0.717) is 0 Å². The molecule has 0 unspecified atom stereocenters. The van der Waals surface area contributed by atoms with Crippen LogP contribution in [0.25, 0.3) is 0 Å². The van der Waals surface area contributed by atoms with Gasteiger partial charge in [-0.3, -0.25) is 0 Å². The molecular formula is C33H56. The van der Waals surface area contributed by atoms with Crippen LogP contribution in [-0.2, 0) is 0 Å². The van der Waals surface area contributed by atoms with Gasteiger partial charge < -0.3 is 0 Å². The molecule has 1 saturated carbocycles. The summed E-state index contributed by atoms with van der Waals surface area (Å²) < 4.78 is 0. The molecule has 0 saturated heterocycles. The second kappa shape index (κ2) is 19.9. The van der Waals surface area contributed by atoms with Crippen LogP contribution in [-0.4, -0.2) is 0 Å². The summed E-state index contributed by atoms with van der Waals surface area (Å²) >= 11 is 0. The molecule has 0 nitrogen and oxygen atoms in total. The molecule has 0 aromatic heterocycles. The van der Waals surface area contributed by atoms with Crippen molar-refractivity contribution in [3.8, 4) is 0 Å². The molecule has 0 aromatic carbocycles. The van der Waals surface area contributed by atoms with Gasteiger partial charge in [-0.1, -0.05) is 82.7 Å². The molecule has 1 rings (SSSR count). The average molecular weight is 453 g/mol. The summed E-state index contributed by atoms with van der Waals surface area (Å²) in [6.45, 7) is 20.0. The van der Waals surface area contributed by atoms with E-state index >= 15 is 0 Å². The fourth-order valence-corrected chi connectivity index (χ4v) is 3.62. The fourth-order valence-electron chi connectivity index (χ4n) is 3.62. The quantitative estimate of drug-likeness (QED) is 0.230. The Morgan fingerprint density at radius 1 is 0.515 bits per heavy atom. The number of rotatable bonds is 14. The van der Waals surface area contributed by atoms with Crippen molar-refractivity contribution in [3.63, 3.8) is 0 Å². The molecule has 0 heteroatoms. The SMILES string of the molecule is CC(C)=CCC/C(C)=C/CCC(C)=C1CC1.CCCC=C(C)CC/C=C(\C)CCC=C(C)C. The largest absolute Gasteiger partial charge is 0.0856 e. The van der Waals surface area contributed by atoms with Gasteiger partial charge in [-0.05, 0) is 126 Å². The minimum absolute atomic E-state index is 1.19. The van der Waals surface area contributed by atoms with E-state index in [-0.39, 0.29) is 0 Å². The average Bonchev–Trinajstić information content (AvgIpc) is 3.57. The van der Waals surface area contributed by atoms with E-state index in [2.05, 4.69) is 92.7 Å². The van der Waals surface area contributed by atoms with Gasteiger partial charge in [-0.25, -0.2) is 0 Å². The number of allylic oxidation sites excluding steroid dienone is 12. The van der Waals surface area contributed by atoms with Gasteiger partial charge in [0, 0.05) is 0 Å². The summed E-state index contributed by atoms with van der Waals surface area (Å²) in [6.07, 6.45) is 26.8. The third-order valence-electron chi connectivity index (χ3n) is 6.11. The molecule has 33 heavy (non-hydrogen) atoms. The maximum absolute atomic E-state index is 2.42. The minimum Gasteiger partial charge on any atom is -0.0856 e. The third kappa shape index (κ3) is 22.0. The van der Waals surface area contributed by atoms with Crippen LogP contribution < -0.4 is 0 Å². The van der Waals surface area contributed by atoms with E-state index in [1.807, 2.05) is 0 Å². The highest BCUT2D eigenvalue weighted by atomic mass is 14.2. The van der Waals surface area contributed by atoms with Crippen molar-refractivity contribution in [1.82, 2.24) is 0 Å². The lowest BCUT2D eigenvalue weighted by molar-refractivity contribution is 0.894. The lowest BCUT2D eigenvalue weighted by atomic mass is 10.1. The smallest absolute Gasteiger partial charge is 0.0280 e. The molecule has 0 N–H and O–H groups in total. The molecule has 188 valence electrons. The summed E-state index contributed by atoms with van der Waals surface area (Å²) in [6, 6.07) is 0. The van der Waals surface area contributed by atoms with Gasteiger partial charge >= 0.3 is 0 Å². The summed E-state index contributed by atoms with van der Waals surface area (Å²) in [5.41, 5.74) is 10.8. The third-order valence-corrected chi connectivity index (χ3v) is 6.11.